The number of nitrogens with zero attached hydrogens (tertiary/aromatic N) is 2. The first-order valence-corrected chi connectivity index (χ1v) is 13.6. The van der Waals surface area contributed by atoms with Gasteiger partial charge in [0.2, 0.25) is 5.91 Å². The van der Waals surface area contributed by atoms with Crippen LogP contribution in [0.4, 0.5) is 0 Å². The van der Waals surface area contributed by atoms with Crippen LogP contribution in [0, 0.1) is 6.92 Å². The predicted octanol–water partition coefficient (Wildman–Crippen LogP) is 6.11. The third-order valence-electron chi connectivity index (χ3n) is 6.32. The number of ether oxygens (including phenoxy) is 1. The molecule has 0 saturated carbocycles. The molecule has 2 amide bonds. The number of carbonyl (C=O) groups is 2. The molecule has 0 N–H and O–H groups in total. The van der Waals surface area contributed by atoms with Crippen molar-refractivity contribution in [3.63, 3.8) is 0 Å². The van der Waals surface area contributed by atoms with Crippen LogP contribution in [0.5, 0.6) is 0 Å². The lowest BCUT2D eigenvalue weighted by Gasteiger charge is -2.28. The van der Waals surface area contributed by atoms with Crippen molar-refractivity contribution in [3.8, 4) is 0 Å². The molecule has 0 atom stereocenters. The number of rotatable bonds is 14. The number of benzene rings is 2. The molecule has 0 bridgehead atoms. The minimum Gasteiger partial charge on any atom is -0.383 e. The van der Waals surface area contributed by atoms with Crippen molar-refractivity contribution in [2.45, 2.75) is 52.6 Å². The summed E-state index contributed by atoms with van der Waals surface area (Å²) in [7, 11) is 1.61. The zero-order valence-corrected chi connectivity index (χ0v) is 22.6. The Morgan fingerprint density at radius 1 is 0.889 bits per heavy atom. The number of methoxy groups -OCH3 is 1. The van der Waals surface area contributed by atoms with Gasteiger partial charge in [0.25, 0.3) is 5.91 Å². The van der Waals surface area contributed by atoms with Crippen LogP contribution in [0.1, 0.15) is 58.1 Å². The van der Waals surface area contributed by atoms with Crippen LogP contribution in [-0.4, -0.2) is 48.4 Å². The minimum absolute atomic E-state index is 0.0116. The summed E-state index contributed by atoms with van der Waals surface area (Å²) in [6, 6.07) is 19.9. The van der Waals surface area contributed by atoms with E-state index in [4.69, 9.17) is 4.74 Å². The molecule has 1 heterocycles. The van der Waals surface area contributed by atoms with E-state index in [1.807, 2.05) is 59.5 Å². The van der Waals surface area contributed by atoms with Crippen molar-refractivity contribution in [1.29, 1.82) is 0 Å². The smallest absolute Gasteiger partial charge is 0.254 e. The zero-order chi connectivity index (χ0) is 25.8. The highest BCUT2D eigenvalue weighted by molar-refractivity contribution is 7.10. The second kappa shape index (κ2) is 14.6. The van der Waals surface area contributed by atoms with E-state index in [2.05, 4.69) is 25.3 Å². The molecule has 6 heteroatoms. The van der Waals surface area contributed by atoms with Crippen LogP contribution >= 0.6 is 11.3 Å². The Balaban J connectivity index is 1.75. The van der Waals surface area contributed by atoms with E-state index in [0.717, 1.165) is 23.3 Å². The van der Waals surface area contributed by atoms with E-state index in [0.29, 0.717) is 31.8 Å². The molecule has 3 aromatic rings. The molecule has 2 aromatic carbocycles. The van der Waals surface area contributed by atoms with Crippen LogP contribution < -0.4 is 0 Å². The van der Waals surface area contributed by atoms with E-state index in [1.54, 1.807) is 23.3 Å². The molecule has 192 valence electrons. The second-order valence-electron chi connectivity index (χ2n) is 9.14. The van der Waals surface area contributed by atoms with Gasteiger partial charge < -0.3 is 14.5 Å². The molecular formula is C30H38N2O3S. The van der Waals surface area contributed by atoms with Crippen LogP contribution in [0.2, 0.25) is 0 Å². The summed E-state index contributed by atoms with van der Waals surface area (Å²) in [6.07, 6.45) is 4.56. The quantitative estimate of drug-likeness (QED) is 0.248. The van der Waals surface area contributed by atoms with E-state index < -0.39 is 0 Å². The first-order chi connectivity index (χ1) is 17.5. The van der Waals surface area contributed by atoms with Gasteiger partial charge in [-0.2, -0.15) is 0 Å². The maximum atomic E-state index is 13.6. The third-order valence-corrected chi connectivity index (χ3v) is 7.33. The summed E-state index contributed by atoms with van der Waals surface area (Å²) >= 11 is 1.66. The van der Waals surface area contributed by atoms with Gasteiger partial charge in [0.15, 0.2) is 0 Å². The monoisotopic (exact) mass is 506 g/mol. The van der Waals surface area contributed by atoms with E-state index in [9.17, 15) is 9.59 Å². The van der Waals surface area contributed by atoms with Crippen molar-refractivity contribution in [1.82, 2.24) is 9.80 Å². The molecule has 0 fully saturated rings. The van der Waals surface area contributed by atoms with Crippen molar-refractivity contribution in [2.75, 3.05) is 26.8 Å². The highest BCUT2D eigenvalue weighted by Crippen LogP contribution is 2.20. The minimum atomic E-state index is -0.146. The van der Waals surface area contributed by atoms with Gasteiger partial charge in [0, 0.05) is 30.6 Å². The van der Waals surface area contributed by atoms with Gasteiger partial charge in [-0.15, -0.1) is 11.3 Å². The van der Waals surface area contributed by atoms with Crippen molar-refractivity contribution < 1.29 is 14.3 Å². The molecule has 0 aliphatic carbocycles. The second-order valence-corrected chi connectivity index (χ2v) is 10.1. The number of amides is 2. The summed E-state index contributed by atoms with van der Waals surface area (Å²) in [5, 5.41) is 2.05. The fourth-order valence-corrected chi connectivity index (χ4v) is 4.99. The summed E-state index contributed by atoms with van der Waals surface area (Å²) < 4.78 is 5.25. The lowest BCUT2D eigenvalue weighted by atomic mass is 10.0. The van der Waals surface area contributed by atoms with Crippen LogP contribution in [0.25, 0.3) is 0 Å². The van der Waals surface area contributed by atoms with Crippen molar-refractivity contribution in [3.05, 3.63) is 93.2 Å². The van der Waals surface area contributed by atoms with Crippen molar-refractivity contribution in [2.24, 2.45) is 0 Å². The molecule has 0 saturated heterocycles. The van der Waals surface area contributed by atoms with E-state index in [-0.39, 0.29) is 18.4 Å². The number of carbonyl (C=O) groups excluding carboxylic acids is 2. The molecule has 0 aliphatic heterocycles. The highest BCUT2D eigenvalue weighted by atomic mass is 32.1. The lowest BCUT2D eigenvalue weighted by Crippen LogP contribution is -2.43. The fraction of sp³-hybridized carbons (Fsp3) is 0.400. The number of unbranched alkanes of at least 4 members (excludes halogenated alkanes) is 2. The Labute approximate surface area is 219 Å². The average Bonchev–Trinajstić information content (AvgIpc) is 3.31. The summed E-state index contributed by atoms with van der Waals surface area (Å²) in [5.74, 6) is -0.222. The van der Waals surface area contributed by atoms with Crippen LogP contribution in [0.15, 0.2) is 66.0 Å². The molecule has 5 nitrogen and oxygen atoms in total. The largest absolute Gasteiger partial charge is 0.383 e. The first kappa shape index (κ1) is 27.6. The summed E-state index contributed by atoms with van der Waals surface area (Å²) in [6.45, 7) is 6.02. The Bertz CT molecular complexity index is 1080. The van der Waals surface area contributed by atoms with Gasteiger partial charge in [-0.05, 0) is 60.0 Å². The average molecular weight is 507 g/mol. The zero-order valence-electron chi connectivity index (χ0n) is 21.7. The molecule has 3 rings (SSSR count). The molecule has 0 radical (unpaired) electrons. The maximum absolute atomic E-state index is 13.6. The fourth-order valence-electron chi connectivity index (χ4n) is 4.07. The van der Waals surface area contributed by atoms with Gasteiger partial charge in [0.05, 0.1) is 13.2 Å². The maximum Gasteiger partial charge on any atom is 0.254 e. The van der Waals surface area contributed by atoms with Gasteiger partial charge in [-0.1, -0.05) is 62.2 Å². The SMILES string of the molecule is CCCCCc1ccc(C(=O)N(CCOC)CC(=O)N(Cc2ccccc2)Cc2sccc2C)cc1. The molecular weight excluding hydrogens is 468 g/mol. The Kier molecular flexibility index (Phi) is 11.2. The van der Waals surface area contributed by atoms with E-state index in [1.165, 1.54) is 24.0 Å². The van der Waals surface area contributed by atoms with Gasteiger partial charge in [0.1, 0.15) is 6.54 Å². The topological polar surface area (TPSA) is 49.9 Å². The molecule has 0 spiro atoms. The van der Waals surface area contributed by atoms with Crippen molar-refractivity contribution >= 4 is 23.2 Å². The Morgan fingerprint density at radius 2 is 1.64 bits per heavy atom. The molecule has 1 aromatic heterocycles. The number of hydrogen-bond donors (Lipinski definition) is 0. The number of hydrogen-bond acceptors (Lipinski definition) is 4. The Hall–Kier alpha value is -2.96. The third kappa shape index (κ3) is 8.32. The number of thiophene rings is 1. The van der Waals surface area contributed by atoms with Gasteiger partial charge in [-0.25, -0.2) is 0 Å². The van der Waals surface area contributed by atoms with Gasteiger partial charge >= 0.3 is 0 Å². The first-order valence-electron chi connectivity index (χ1n) is 12.7. The summed E-state index contributed by atoms with van der Waals surface area (Å²) in [4.78, 5) is 31.6. The highest BCUT2D eigenvalue weighted by Gasteiger charge is 2.23. The standard InChI is InChI=1S/C30H38N2O3S/c1-4-5-7-10-25-13-15-27(16-14-25)30(34)31(18-19-35-3)23-29(33)32(21-26-11-8-6-9-12-26)22-28-24(2)17-20-36-28/h6,8-9,11-17,20H,4-5,7,10,18-19,21-23H2,1-3H3. The Morgan fingerprint density at radius 3 is 2.28 bits per heavy atom. The van der Waals surface area contributed by atoms with Crippen LogP contribution in [0.3, 0.4) is 0 Å². The lowest BCUT2D eigenvalue weighted by molar-refractivity contribution is -0.133. The molecule has 0 aliphatic rings. The van der Waals surface area contributed by atoms with Gasteiger partial charge in [-0.3, -0.25) is 9.59 Å². The molecule has 0 unspecified atom stereocenters. The number of aryl methyl sites for hydroxylation is 2. The predicted molar refractivity (Wildman–Crippen MR) is 147 cm³/mol. The summed E-state index contributed by atoms with van der Waals surface area (Å²) in [5.41, 5.74) is 4.08. The normalized spacial score (nSPS) is 10.9. The molecule has 36 heavy (non-hydrogen) atoms. The van der Waals surface area contributed by atoms with Crippen LogP contribution in [-0.2, 0) is 29.0 Å². The van der Waals surface area contributed by atoms with E-state index >= 15 is 0 Å².